The van der Waals surface area contributed by atoms with E-state index >= 15 is 0 Å². The molecule has 1 aromatic carbocycles. The second-order valence-electron chi connectivity index (χ2n) is 8.12. The Morgan fingerprint density at radius 1 is 1.26 bits per heavy atom. The zero-order valence-electron chi connectivity index (χ0n) is 17.1. The van der Waals surface area contributed by atoms with Crippen LogP contribution in [0.3, 0.4) is 0 Å². The van der Waals surface area contributed by atoms with E-state index in [0.29, 0.717) is 25.6 Å². The van der Waals surface area contributed by atoms with E-state index in [0.717, 1.165) is 25.3 Å². The average Bonchev–Trinajstić information content (AvgIpc) is 2.95. The molecule has 7 nitrogen and oxygen atoms in total. The summed E-state index contributed by atoms with van der Waals surface area (Å²) in [6.07, 6.45) is 4.41. The molecule has 4 rings (SSSR count). The normalized spacial score (nSPS) is 20.2. The van der Waals surface area contributed by atoms with Crippen molar-refractivity contribution in [1.29, 1.82) is 0 Å². The van der Waals surface area contributed by atoms with Crippen LogP contribution in [0.25, 0.3) is 0 Å². The molecule has 1 saturated heterocycles. The molecule has 1 aromatic heterocycles. The van der Waals surface area contributed by atoms with Crippen molar-refractivity contribution in [2.75, 3.05) is 13.1 Å². The molecule has 31 heavy (non-hydrogen) atoms. The largest absolute Gasteiger partial charge is 0.503 e. The summed E-state index contributed by atoms with van der Waals surface area (Å²) in [5, 5.41) is 13.0. The predicted molar refractivity (Wildman–Crippen MR) is 108 cm³/mol. The van der Waals surface area contributed by atoms with Gasteiger partial charge in [-0.3, -0.25) is 14.4 Å². The van der Waals surface area contributed by atoms with Crippen molar-refractivity contribution in [3.05, 3.63) is 63.1 Å². The van der Waals surface area contributed by atoms with Gasteiger partial charge in [0.05, 0.1) is 5.54 Å². The maximum absolute atomic E-state index is 13.9. The van der Waals surface area contributed by atoms with Crippen molar-refractivity contribution >= 4 is 11.8 Å². The predicted octanol–water partition coefficient (Wildman–Crippen LogP) is 2.51. The third-order valence-corrected chi connectivity index (χ3v) is 6.35. The standard InChI is InChI=1S/C22H23F2N3O4/c1-2-22-7-3-4-8-26(12-22)21(31)17-19(29)18(28)15(11-27(17)22)20(30)25-10-13-5-6-14(23)9-16(13)24/h5-6,9,11,29H,2-4,7-8,10,12H2,1H3,(H,25,30)/t22-/m1/s1. The number of benzene rings is 1. The molecule has 9 heteroatoms. The van der Waals surface area contributed by atoms with Gasteiger partial charge in [0.25, 0.3) is 11.8 Å². The SMILES string of the molecule is CC[C@@]12CCCCN(C1)C(=O)c1c(O)c(=O)c(C(=O)NCc3ccc(F)cc3F)cn12. The summed E-state index contributed by atoms with van der Waals surface area (Å²) in [7, 11) is 0. The van der Waals surface area contributed by atoms with Crippen LogP contribution in [0.4, 0.5) is 8.78 Å². The smallest absolute Gasteiger partial charge is 0.274 e. The summed E-state index contributed by atoms with van der Waals surface area (Å²) in [4.78, 5) is 40.0. The van der Waals surface area contributed by atoms with Gasteiger partial charge in [-0.05, 0) is 31.7 Å². The van der Waals surface area contributed by atoms with Gasteiger partial charge in [-0.1, -0.05) is 13.0 Å². The van der Waals surface area contributed by atoms with E-state index in [1.807, 2.05) is 6.92 Å². The fourth-order valence-corrected chi connectivity index (χ4v) is 4.53. The van der Waals surface area contributed by atoms with Crippen molar-refractivity contribution in [1.82, 2.24) is 14.8 Å². The van der Waals surface area contributed by atoms with E-state index < -0.39 is 40.2 Å². The van der Waals surface area contributed by atoms with Crippen molar-refractivity contribution < 1.29 is 23.5 Å². The fraction of sp³-hybridized carbons (Fsp3) is 0.409. The van der Waals surface area contributed by atoms with Crippen LogP contribution in [0, 0.1) is 11.6 Å². The summed E-state index contributed by atoms with van der Waals surface area (Å²) >= 11 is 0. The Kier molecular flexibility index (Phi) is 5.28. The maximum atomic E-state index is 13.9. The number of rotatable bonds is 4. The zero-order valence-corrected chi connectivity index (χ0v) is 17.1. The van der Waals surface area contributed by atoms with E-state index in [4.69, 9.17) is 0 Å². The van der Waals surface area contributed by atoms with Crippen molar-refractivity contribution in [2.24, 2.45) is 0 Å². The number of hydrogen-bond donors (Lipinski definition) is 2. The summed E-state index contributed by atoms with van der Waals surface area (Å²) in [5.74, 6) is -3.55. The number of aromatic nitrogens is 1. The van der Waals surface area contributed by atoms with Crippen LogP contribution in [-0.2, 0) is 12.1 Å². The Balaban J connectivity index is 1.73. The lowest BCUT2D eigenvalue weighted by atomic mass is 9.87. The van der Waals surface area contributed by atoms with Crippen molar-refractivity contribution in [3.8, 4) is 5.75 Å². The Morgan fingerprint density at radius 3 is 2.74 bits per heavy atom. The lowest BCUT2D eigenvalue weighted by Crippen LogP contribution is -2.53. The Labute approximate surface area is 177 Å². The van der Waals surface area contributed by atoms with Gasteiger partial charge in [0, 0.05) is 37.5 Å². The van der Waals surface area contributed by atoms with Gasteiger partial charge in [-0.25, -0.2) is 8.78 Å². The monoisotopic (exact) mass is 431 g/mol. The Hall–Kier alpha value is -3.23. The molecule has 2 aliphatic heterocycles. The van der Waals surface area contributed by atoms with Crippen LogP contribution in [0.5, 0.6) is 5.75 Å². The summed E-state index contributed by atoms with van der Waals surface area (Å²) in [5.41, 5.74) is -1.86. The summed E-state index contributed by atoms with van der Waals surface area (Å²) in [6, 6.07) is 2.97. The number of nitrogens with zero attached hydrogens (tertiary/aromatic N) is 2. The molecule has 2 aromatic rings. The van der Waals surface area contributed by atoms with Crippen LogP contribution >= 0.6 is 0 Å². The minimum Gasteiger partial charge on any atom is -0.503 e. The van der Waals surface area contributed by atoms with E-state index in [1.54, 1.807) is 9.47 Å². The third-order valence-electron chi connectivity index (χ3n) is 6.35. The number of carbonyl (C=O) groups is 2. The molecule has 1 atom stereocenters. The molecule has 0 saturated carbocycles. The Morgan fingerprint density at radius 2 is 2.03 bits per heavy atom. The van der Waals surface area contributed by atoms with Gasteiger partial charge >= 0.3 is 0 Å². The first kappa shape index (κ1) is 21.0. The molecule has 0 aliphatic carbocycles. The number of carbonyl (C=O) groups excluding carboxylic acids is 2. The van der Waals surface area contributed by atoms with Crippen molar-refractivity contribution in [2.45, 2.75) is 44.7 Å². The number of fused-ring (bicyclic) bond motifs is 4. The minimum atomic E-state index is -0.956. The number of aromatic hydroxyl groups is 1. The topological polar surface area (TPSA) is 91.6 Å². The Bertz CT molecular complexity index is 1130. The first-order chi connectivity index (χ1) is 14.8. The first-order valence-electron chi connectivity index (χ1n) is 10.3. The third kappa shape index (κ3) is 3.47. The molecule has 2 bridgehead atoms. The molecular formula is C22H23F2N3O4. The molecule has 164 valence electrons. The van der Waals surface area contributed by atoms with Crippen LogP contribution in [0.15, 0.2) is 29.2 Å². The first-order valence-corrected chi connectivity index (χ1v) is 10.3. The van der Waals surface area contributed by atoms with E-state index in [9.17, 15) is 28.3 Å². The lowest BCUT2D eigenvalue weighted by molar-refractivity contribution is 0.0559. The molecule has 2 amide bonds. The highest BCUT2D eigenvalue weighted by molar-refractivity contribution is 5.99. The van der Waals surface area contributed by atoms with Crippen LogP contribution in [0.1, 0.15) is 59.0 Å². The van der Waals surface area contributed by atoms with Gasteiger partial charge in [0.1, 0.15) is 17.2 Å². The second kappa shape index (κ2) is 7.79. The highest BCUT2D eigenvalue weighted by Gasteiger charge is 2.44. The molecule has 1 fully saturated rings. The molecule has 2 N–H and O–H groups in total. The number of nitrogens with one attached hydrogen (secondary N) is 1. The zero-order chi connectivity index (χ0) is 22.3. The van der Waals surface area contributed by atoms with E-state index in [-0.39, 0.29) is 23.4 Å². The minimum absolute atomic E-state index is 0.0525. The lowest BCUT2D eigenvalue weighted by Gasteiger charge is -2.44. The molecule has 2 aliphatic rings. The average molecular weight is 431 g/mol. The second-order valence-corrected chi connectivity index (χ2v) is 8.12. The molecule has 0 spiro atoms. The quantitative estimate of drug-likeness (QED) is 0.778. The summed E-state index contributed by atoms with van der Waals surface area (Å²) in [6.45, 7) is 2.70. The highest BCUT2D eigenvalue weighted by atomic mass is 19.1. The van der Waals surface area contributed by atoms with Gasteiger partial charge in [-0.15, -0.1) is 0 Å². The van der Waals surface area contributed by atoms with Crippen LogP contribution in [0.2, 0.25) is 0 Å². The van der Waals surface area contributed by atoms with Crippen LogP contribution in [-0.4, -0.2) is 39.5 Å². The molecular weight excluding hydrogens is 408 g/mol. The maximum Gasteiger partial charge on any atom is 0.274 e. The molecule has 0 radical (unpaired) electrons. The van der Waals surface area contributed by atoms with Crippen molar-refractivity contribution in [3.63, 3.8) is 0 Å². The summed E-state index contributed by atoms with van der Waals surface area (Å²) < 4.78 is 28.5. The van der Waals surface area contributed by atoms with E-state index in [1.165, 1.54) is 12.3 Å². The van der Waals surface area contributed by atoms with Gasteiger partial charge in [-0.2, -0.15) is 0 Å². The number of amides is 2. The van der Waals surface area contributed by atoms with Gasteiger partial charge < -0.3 is 19.9 Å². The van der Waals surface area contributed by atoms with Gasteiger partial charge in [0.15, 0.2) is 11.4 Å². The number of hydrogen-bond acceptors (Lipinski definition) is 4. The highest BCUT2D eigenvalue weighted by Crippen LogP contribution is 2.38. The van der Waals surface area contributed by atoms with E-state index in [2.05, 4.69) is 5.32 Å². The van der Waals surface area contributed by atoms with Crippen LogP contribution < -0.4 is 10.7 Å². The number of pyridine rings is 1. The molecule has 0 unspecified atom stereocenters. The number of halogens is 2. The molecule has 3 heterocycles. The van der Waals surface area contributed by atoms with Gasteiger partial charge in [0.2, 0.25) is 5.43 Å². The fourth-order valence-electron chi connectivity index (χ4n) is 4.53.